The molecular weight excluding hydrogens is 152 g/mol. The van der Waals surface area contributed by atoms with E-state index in [1.807, 2.05) is 14.0 Å². The van der Waals surface area contributed by atoms with Crippen molar-refractivity contribution in [1.82, 2.24) is 4.90 Å². The number of hydrogen-bond acceptors (Lipinski definition) is 3. The molecule has 0 amide bonds. The normalized spacial score (nSPS) is 35.7. The van der Waals surface area contributed by atoms with Crippen LogP contribution in [0.15, 0.2) is 0 Å². The SMILES string of the molecule is CC1CCC(N(C)C#N)C(C)O1. The highest BCUT2D eigenvalue weighted by atomic mass is 16.5. The van der Waals surface area contributed by atoms with E-state index in [0.29, 0.717) is 6.10 Å². The zero-order chi connectivity index (χ0) is 9.14. The molecule has 0 bridgehead atoms. The lowest BCUT2D eigenvalue weighted by Crippen LogP contribution is -2.44. The van der Waals surface area contributed by atoms with Crippen molar-refractivity contribution >= 4 is 0 Å². The smallest absolute Gasteiger partial charge is 0.179 e. The zero-order valence-corrected chi connectivity index (χ0v) is 7.95. The number of rotatable bonds is 1. The molecule has 3 nitrogen and oxygen atoms in total. The van der Waals surface area contributed by atoms with Gasteiger partial charge < -0.3 is 9.64 Å². The van der Waals surface area contributed by atoms with E-state index in [2.05, 4.69) is 13.1 Å². The second-order valence-electron chi connectivity index (χ2n) is 3.51. The topological polar surface area (TPSA) is 36.3 Å². The van der Waals surface area contributed by atoms with Crippen molar-refractivity contribution < 1.29 is 4.74 Å². The molecule has 0 saturated carbocycles. The molecule has 1 aliphatic rings. The highest BCUT2D eigenvalue weighted by Gasteiger charge is 2.28. The molecule has 0 N–H and O–H groups in total. The number of nitrogens with zero attached hydrogens (tertiary/aromatic N) is 2. The molecule has 12 heavy (non-hydrogen) atoms. The lowest BCUT2D eigenvalue weighted by Gasteiger charge is -2.36. The molecule has 0 aliphatic carbocycles. The summed E-state index contributed by atoms with van der Waals surface area (Å²) >= 11 is 0. The van der Waals surface area contributed by atoms with E-state index >= 15 is 0 Å². The Kier molecular flexibility index (Phi) is 2.93. The van der Waals surface area contributed by atoms with E-state index in [-0.39, 0.29) is 12.1 Å². The summed E-state index contributed by atoms with van der Waals surface area (Å²) in [7, 11) is 1.82. The van der Waals surface area contributed by atoms with E-state index in [0.717, 1.165) is 12.8 Å². The second-order valence-corrected chi connectivity index (χ2v) is 3.51. The summed E-state index contributed by atoms with van der Waals surface area (Å²) in [6.45, 7) is 4.12. The zero-order valence-electron chi connectivity index (χ0n) is 7.95. The van der Waals surface area contributed by atoms with E-state index < -0.39 is 0 Å². The first kappa shape index (κ1) is 9.34. The van der Waals surface area contributed by atoms with Gasteiger partial charge in [-0.25, -0.2) is 0 Å². The molecule has 0 spiro atoms. The van der Waals surface area contributed by atoms with Crippen LogP contribution in [0.4, 0.5) is 0 Å². The van der Waals surface area contributed by atoms with Crippen LogP contribution >= 0.6 is 0 Å². The monoisotopic (exact) mass is 168 g/mol. The first-order valence-electron chi connectivity index (χ1n) is 4.43. The summed E-state index contributed by atoms with van der Waals surface area (Å²) in [6.07, 6.45) is 4.78. The maximum Gasteiger partial charge on any atom is 0.179 e. The minimum Gasteiger partial charge on any atom is -0.373 e. The molecule has 0 aromatic heterocycles. The van der Waals surface area contributed by atoms with Gasteiger partial charge in [-0.05, 0) is 26.7 Å². The van der Waals surface area contributed by atoms with Crippen LogP contribution in [0.25, 0.3) is 0 Å². The third kappa shape index (κ3) is 1.89. The van der Waals surface area contributed by atoms with Gasteiger partial charge in [-0.3, -0.25) is 0 Å². The average molecular weight is 168 g/mol. The molecule has 3 unspecified atom stereocenters. The van der Waals surface area contributed by atoms with Crippen LogP contribution in [0.3, 0.4) is 0 Å². The summed E-state index contributed by atoms with van der Waals surface area (Å²) in [4.78, 5) is 1.69. The fourth-order valence-electron chi connectivity index (χ4n) is 1.75. The molecule has 1 fully saturated rings. The maximum atomic E-state index is 8.69. The van der Waals surface area contributed by atoms with Crippen LogP contribution in [-0.4, -0.2) is 30.2 Å². The predicted molar refractivity (Wildman–Crippen MR) is 46.4 cm³/mol. The van der Waals surface area contributed by atoms with Crippen molar-refractivity contribution in [2.75, 3.05) is 7.05 Å². The van der Waals surface area contributed by atoms with Gasteiger partial charge in [0.15, 0.2) is 6.19 Å². The van der Waals surface area contributed by atoms with Crippen LogP contribution in [0, 0.1) is 11.5 Å². The van der Waals surface area contributed by atoms with Crippen LogP contribution in [-0.2, 0) is 4.74 Å². The van der Waals surface area contributed by atoms with Crippen molar-refractivity contribution in [3.63, 3.8) is 0 Å². The molecule has 0 radical (unpaired) electrons. The highest BCUT2D eigenvalue weighted by Crippen LogP contribution is 2.22. The molecule has 1 rings (SSSR count). The van der Waals surface area contributed by atoms with Crippen LogP contribution in [0.2, 0.25) is 0 Å². The summed E-state index contributed by atoms with van der Waals surface area (Å²) in [5, 5.41) is 8.69. The van der Waals surface area contributed by atoms with Crippen LogP contribution in [0.1, 0.15) is 26.7 Å². The third-order valence-electron chi connectivity index (χ3n) is 2.51. The van der Waals surface area contributed by atoms with E-state index in [9.17, 15) is 0 Å². The third-order valence-corrected chi connectivity index (χ3v) is 2.51. The largest absolute Gasteiger partial charge is 0.373 e. The highest BCUT2D eigenvalue weighted by molar-refractivity contribution is 4.86. The summed E-state index contributed by atoms with van der Waals surface area (Å²) < 4.78 is 5.63. The second kappa shape index (κ2) is 3.77. The van der Waals surface area contributed by atoms with Gasteiger partial charge >= 0.3 is 0 Å². The molecule has 1 heterocycles. The molecule has 1 saturated heterocycles. The predicted octanol–water partition coefficient (Wildman–Crippen LogP) is 1.36. The lowest BCUT2D eigenvalue weighted by molar-refractivity contribution is -0.0671. The van der Waals surface area contributed by atoms with E-state index in [1.54, 1.807) is 4.90 Å². The first-order valence-corrected chi connectivity index (χ1v) is 4.43. The Hall–Kier alpha value is -0.750. The van der Waals surface area contributed by atoms with Gasteiger partial charge in [-0.15, -0.1) is 0 Å². The van der Waals surface area contributed by atoms with Gasteiger partial charge in [0.1, 0.15) is 0 Å². The number of ether oxygens (including phenoxy) is 1. The molecule has 3 heteroatoms. The Balaban J connectivity index is 2.51. The molecule has 0 aromatic carbocycles. The molecule has 3 atom stereocenters. The standard InChI is InChI=1S/C9H16N2O/c1-7-4-5-9(8(2)12-7)11(3)6-10/h7-9H,4-5H2,1-3H3. The molecular formula is C9H16N2O. The van der Waals surface area contributed by atoms with Gasteiger partial charge in [-0.1, -0.05) is 0 Å². The summed E-state index contributed by atoms with van der Waals surface area (Å²) in [5.74, 6) is 0. The van der Waals surface area contributed by atoms with Crippen molar-refractivity contribution in [2.24, 2.45) is 0 Å². The van der Waals surface area contributed by atoms with Gasteiger partial charge in [0, 0.05) is 7.05 Å². The first-order chi connectivity index (χ1) is 5.65. The minimum atomic E-state index is 0.179. The summed E-state index contributed by atoms with van der Waals surface area (Å²) in [6, 6.07) is 0.270. The van der Waals surface area contributed by atoms with Crippen molar-refractivity contribution in [3.8, 4) is 6.19 Å². The van der Waals surface area contributed by atoms with Crippen LogP contribution < -0.4 is 0 Å². The Morgan fingerprint density at radius 3 is 2.58 bits per heavy atom. The van der Waals surface area contributed by atoms with Crippen molar-refractivity contribution in [1.29, 1.82) is 5.26 Å². The number of nitriles is 1. The average Bonchev–Trinajstić information content (AvgIpc) is 2.03. The van der Waals surface area contributed by atoms with Gasteiger partial charge in [0.25, 0.3) is 0 Å². The minimum absolute atomic E-state index is 0.179. The Morgan fingerprint density at radius 1 is 1.42 bits per heavy atom. The number of hydrogen-bond donors (Lipinski definition) is 0. The lowest BCUT2D eigenvalue weighted by atomic mass is 9.99. The van der Waals surface area contributed by atoms with Gasteiger partial charge in [0.05, 0.1) is 18.2 Å². The van der Waals surface area contributed by atoms with Crippen LogP contribution in [0.5, 0.6) is 0 Å². The van der Waals surface area contributed by atoms with E-state index in [1.165, 1.54) is 0 Å². The fourth-order valence-corrected chi connectivity index (χ4v) is 1.75. The Bertz CT molecular complexity index is 187. The molecule has 1 aliphatic heterocycles. The fraction of sp³-hybridized carbons (Fsp3) is 0.889. The maximum absolute atomic E-state index is 8.69. The van der Waals surface area contributed by atoms with Gasteiger partial charge in [0.2, 0.25) is 0 Å². The van der Waals surface area contributed by atoms with Crippen molar-refractivity contribution in [2.45, 2.75) is 44.9 Å². The molecule has 68 valence electrons. The Morgan fingerprint density at radius 2 is 2.08 bits per heavy atom. The van der Waals surface area contributed by atoms with Crippen molar-refractivity contribution in [3.05, 3.63) is 0 Å². The van der Waals surface area contributed by atoms with E-state index in [4.69, 9.17) is 10.00 Å². The molecule has 0 aromatic rings. The van der Waals surface area contributed by atoms with Gasteiger partial charge in [-0.2, -0.15) is 5.26 Å². The quantitative estimate of drug-likeness (QED) is 0.438. The Labute approximate surface area is 73.9 Å². The summed E-state index contributed by atoms with van der Waals surface area (Å²) in [5.41, 5.74) is 0. The number of likely N-dealkylation sites (N-methyl/N-ethyl adjacent to an activating group) is 1.